The smallest absolute Gasteiger partial charge is 0.282 e. The molecule has 0 aliphatic heterocycles. The van der Waals surface area contributed by atoms with Crippen molar-refractivity contribution in [2.75, 3.05) is 26.6 Å². The fourth-order valence-electron chi connectivity index (χ4n) is 2.51. The van der Waals surface area contributed by atoms with E-state index in [2.05, 4.69) is 21.2 Å². The third kappa shape index (κ3) is 5.21. The summed E-state index contributed by atoms with van der Waals surface area (Å²) < 4.78 is 11.6. The number of benzene rings is 2. The fourth-order valence-corrected chi connectivity index (χ4v) is 2.92. The molecule has 6 heteroatoms. The molecule has 0 saturated carbocycles. The van der Waals surface area contributed by atoms with Crippen LogP contribution < -0.4 is 19.7 Å². The van der Waals surface area contributed by atoms with Crippen LogP contribution in [0.4, 0.5) is 5.69 Å². The Labute approximate surface area is 157 Å². The van der Waals surface area contributed by atoms with E-state index < -0.39 is 0 Å². The SMILES string of the molecule is COc1cccc(NC(=O)[C@H](C)[NH+](C)Cc2cc(Br)ccc2OC)c1. The van der Waals surface area contributed by atoms with E-state index in [1.807, 2.05) is 50.4 Å². The van der Waals surface area contributed by atoms with Gasteiger partial charge in [0.1, 0.15) is 18.0 Å². The number of methoxy groups -OCH3 is 2. The van der Waals surface area contributed by atoms with Crippen molar-refractivity contribution >= 4 is 27.5 Å². The van der Waals surface area contributed by atoms with Crippen LogP contribution in [0.2, 0.25) is 0 Å². The molecule has 0 heterocycles. The zero-order valence-corrected chi connectivity index (χ0v) is 16.5. The summed E-state index contributed by atoms with van der Waals surface area (Å²) in [6, 6.07) is 13.0. The van der Waals surface area contributed by atoms with Crippen LogP contribution in [-0.4, -0.2) is 33.2 Å². The molecule has 0 fully saturated rings. The molecule has 1 unspecified atom stereocenters. The van der Waals surface area contributed by atoms with Crippen LogP contribution in [0, 0.1) is 0 Å². The van der Waals surface area contributed by atoms with Gasteiger partial charge in [0, 0.05) is 21.8 Å². The van der Waals surface area contributed by atoms with Crippen molar-refractivity contribution in [1.29, 1.82) is 0 Å². The first-order valence-electron chi connectivity index (χ1n) is 8.04. The number of anilines is 1. The van der Waals surface area contributed by atoms with E-state index in [9.17, 15) is 4.79 Å². The van der Waals surface area contributed by atoms with Crippen LogP contribution in [0.1, 0.15) is 12.5 Å². The molecule has 0 spiro atoms. The molecular weight excluding hydrogens is 384 g/mol. The Morgan fingerprint density at radius 1 is 1.20 bits per heavy atom. The van der Waals surface area contributed by atoms with Gasteiger partial charge in [-0.2, -0.15) is 0 Å². The van der Waals surface area contributed by atoms with Gasteiger partial charge in [0.2, 0.25) is 0 Å². The highest BCUT2D eigenvalue weighted by Crippen LogP contribution is 2.22. The molecule has 2 atom stereocenters. The van der Waals surface area contributed by atoms with E-state index >= 15 is 0 Å². The lowest BCUT2D eigenvalue weighted by atomic mass is 10.1. The Balaban J connectivity index is 2.04. The third-order valence-electron chi connectivity index (χ3n) is 4.18. The average Bonchev–Trinajstić information content (AvgIpc) is 2.61. The zero-order chi connectivity index (χ0) is 18.4. The van der Waals surface area contributed by atoms with Crippen molar-refractivity contribution in [3.63, 3.8) is 0 Å². The summed E-state index contributed by atoms with van der Waals surface area (Å²) in [5.41, 5.74) is 1.78. The second kappa shape index (κ2) is 8.87. The molecule has 0 aliphatic rings. The Morgan fingerprint density at radius 3 is 2.64 bits per heavy atom. The van der Waals surface area contributed by atoms with Gasteiger partial charge in [-0.1, -0.05) is 22.0 Å². The number of nitrogens with one attached hydrogen (secondary N) is 2. The number of quaternary nitrogens is 1. The molecule has 2 N–H and O–H groups in total. The molecule has 2 aromatic rings. The van der Waals surface area contributed by atoms with E-state index in [0.717, 1.165) is 26.4 Å². The highest BCUT2D eigenvalue weighted by molar-refractivity contribution is 9.10. The Bertz CT molecular complexity index is 736. The summed E-state index contributed by atoms with van der Waals surface area (Å²) in [5, 5.41) is 2.94. The number of carbonyl (C=O) groups is 1. The Hall–Kier alpha value is -2.05. The van der Waals surface area contributed by atoms with Gasteiger partial charge in [-0.3, -0.25) is 4.79 Å². The van der Waals surface area contributed by atoms with Crippen LogP contribution in [-0.2, 0) is 11.3 Å². The van der Waals surface area contributed by atoms with E-state index in [0.29, 0.717) is 12.3 Å². The van der Waals surface area contributed by atoms with Crippen LogP contribution >= 0.6 is 15.9 Å². The van der Waals surface area contributed by atoms with E-state index in [-0.39, 0.29) is 11.9 Å². The topological polar surface area (TPSA) is 52.0 Å². The summed E-state index contributed by atoms with van der Waals surface area (Å²) in [5.74, 6) is 1.49. The number of halogens is 1. The van der Waals surface area contributed by atoms with Gasteiger partial charge in [-0.25, -0.2) is 0 Å². The van der Waals surface area contributed by atoms with Gasteiger partial charge in [0.15, 0.2) is 6.04 Å². The second-order valence-electron chi connectivity index (χ2n) is 5.92. The Kier molecular flexibility index (Phi) is 6.84. The molecule has 25 heavy (non-hydrogen) atoms. The molecule has 0 aliphatic carbocycles. The minimum absolute atomic E-state index is 0.0419. The summed E-state index contributed by atoms with van der Waals surface area (Å²) >= 11 is 3.48. The van der Waals surface area contributed by atoms with Gasteiger partial charge in [-0.15, -0.1) is 0 Å². The molecule has 134 valence electrons. The normalized spacial score (nSPS) is 13.0. The maximum Gasteiger partial charge on any atom is 0.282 e. The zero-order valence-electron chi connectivity index (χ0n) is 14.9. The molecule has 0 bridgehead atoms. The van der Waals surface area contributed by atoms with Gasteiger partial charge >= 0.3 is 0 Å². The lowest BCUT2D eigenvalue weighted by molar-refractivity contribution is -0.907. The summed E-state index contributed by atoms with van der Waals surface area (Å²) in [7, 11) is 5.25. The van der Waals surface area contributed by atoms with Crippen molar-refractivity contribution in [2.45, 2.75) is 19.5 Å². The predicted octanol–water partition coefficient (Wildman–Crippen LogP) is 2.51. The summed E-state index contributed by atoms with van der Waals surface area (Å²) in [6.07, 6.45) is 0. The second-order valence-corrected chi connectivity index (χ2v) is 6.84. The number of rotatable bonds is 7. The molecule has 5 nitrogen and oxygen atoms in total. The first-order chi connectivity index (χ1) is 11.9. The van der Waals surface area contributed by atoms with E-state index in [1.54, 1.807) is 20.3 Å². The van der Waals surface area contributed by atoms with Crippen LogP contribution in [0.3, 0.4) is 0 Å². The number of hydrogen-bond acceptors (Lipinski definition) is 3. The summed E-state index contributed by atoms with van der Waals surface area (Å²) in [4.78, 5) is 13.6. The van der Waals surface area contributed by atoms with Crippen molar-refractivity contribution < 1.29 is 19.2 Å². The predicted molar refractivity (Wildman–Crippen MR) is 102 cm³/mol. The molecule has 2 aromatic carbocycles. The Morgan fingerprint density at radius 2 is 1.96 bits per heavy atom. The number of carbonyl (C=O) groups excluding carboxylic acids is 1. The van der Waals surface area contributed by atoms with Gasteiger partial charge in [-0.05, 0) is 37.3 Å². The van der Waals surface area contributed by atoms with E-state index in [4.69, 9.17) is 9.47 Å². The van der Waals surface area contributed by atoms with Crippen molar-refractivity contribution in [1.82, 2.24) is 0 Å². The van der Waals surface area contributed by atoms with Crippen LogP contribution in [0.15, 0.2) is 46.9 Å². The van der Waals surface area contributed by atoms with Gasteiger partial charge in [0.05, 0.1) is 21.3 Å². The standard InChI is InChI=1S/C19H23BrN2O3/c1-13(19(23)21-16-6-5-7-17(11-16)24-3)22(2)12-14-10-15(20)8-9-18(14)25-4/h5-11,13H,12H2,1-4H3,(H,21,23)/p+1/t13-/m0/s1. The molecule has 0 aromatic heterocycles. The quantitative estimate of drug-likeness (QED) is 0.741. The number of hydrogen-bond donors (Lipinski definition) is 2. The lowest BCUT2D eigenvalue weighted by Crippen LogP contribution is -3.12. The molecule has 0 saturated heterocycles. The summed E-state index contributed by atoms with van der Waals surface area (Å²) in [6.45, 7) is 2.59. The number of ether oxygens (including phenoxy) is 2. The maximum atomic E-state index is 12.6. The van der Waals surface area contributed by atoms with Gasteiger partial charge < -0.3 is 19.7 Å². The van der Waals surface area contributed by atoms with Crippen LogP contribution in [0.5, 0.6) is 11.5 Å². The molecule has 1 amide bonds. The third-order valence-corrected chi connectivity index (χ3v) is 4.67. The highest BCUT2D eigenvalue weighted by atomic mass is 79.9. The van der Waals surface area contributed by atoms with Crippen molar-refractivity contribution in [3.8, 4) is 11.5 Å². The number of amides is 1. The minimum atomic E-state index is -0.227. The maximum absolute atomic E-state index is 12.6. The average molecular weight is 408 g/mol. The first-order valence-corrected chi connectivity index (χ1v) is 8.83. The van der Waals surface area contributed by atoms with E-state index in [1.165, 1.54) is 0 Å². The fraction of sp³-hybridized carbons (Fsp3) is 0.316. The highest BCUT2D eigenvalue weighted by Gasteiger charge is 2.23. The minimum Gasteiger partial charge on any atom is -0.497 e. The van der Waals surface area contributed by atoms with Crippen LogP contribution in [0.25, 0.3) is 0 Å². The largest absolute Gasteiger partial charge is 0.497 e. The van der Waals surface area contributed by atoms with Gasteiger partial charge in [0.25, 0.3) is 5.91 Å². The number of likely N-dealkylation sites (N-methyl/N-ethyl adjacent to an activating group) is 1. The van der Waals surface area contributed by atoms with Crippen molar-refractivity contribution in [2.24, 2.45) is 0 Å². The molecule has 2 rings (SSSR count). The first kappa shape index (κ1) is 19.3. The van der Waals surface area contributed by atoms with Crippen molar-refractivity contribution in [3.05, 3.63) is 52.5 Å². The monoisotopic (exact) mass is 407 g/mol. The molecular formula is C19H24BrN2O3+. The molecule has 0 radical (unpaired) electrons. The lowest BCUT2D eigenvalue weighted by Gasteiger charge is -2.22.